The van der Waals surface area contributed by atoms with E-state index in [1.54, 1.807) is 24.2 Å². The maximum atomic E-state index is 11.8. The molecule has 2 rings (SSSR count). The summed E-state index contributed by atoms with van der Waals surface area (Å²) in [5.41, 5.74) is 1.12. The number of rotatable bonds is 3. The van der Waals surface area contributed by atoms with Gasteiger partial charge in [-0.3, -0.25) is 14.6 Å². The van der Waals surface area contributed by atoms with Crippen molar-refractivity contribution >= 4 is 11.8 Å². The van der Waals surface area contributed by atoms with Gasteiger partial charge >= 0.3 is 0 Å². The fraction of sp³-hybridized carbons (Fsp3) is 0.417. The second kappa shape index (κ2) is 4.95. The van der Waals surface area contributed by atoms with Gasteiger partial charge in [-0.05, 0) is 31.0 Å². The van der Waals surface area contributed by atoms with Crippen LogP contribution in [0.15, 0.2) is 24.5 Å². The third-order valence-electron chi connectivity index (χ3n) is 2.81. The first-order valence-corrected chi connectivity index (χ1v) is 5.64. The molecule has 0 radical (unpaired) electrons. The summed E-state index contributed by atoms with van der Waals surface area (Å²) in [6, 6.07) is 3.42. The van der Waals surface area contributed by atoms with Crippen molar-refractivity contribution < 1.29 is 9.59 Å². The molecule has 2 amide bonds. The summed E-state index contributed by atoms with van der Waals surface area (Å²) in [4.78, 5) is 28.7. The third kappa shape index (κ3) is 2.81. The number of amides is 2. The van der Waals surface area contributed by atoms with E-state index in [0.29, 0.717) is 6.54 Å². The summed E-state index contributed by atoms with van der Waals surface area (Å²) in [5, 5.41) is 2.62. The largest absolute Gasteiger partial charge is 0.343 e. The van der Waals surface area contributed by atoms with E-state index in [-0.39, 0.29) is 18.4 Å². The van der Waals surface area contributed by atoms with Gasteiger partial charge in [0.15, 0.2) is 0 Å². The Bertz CT molecular complexity index is 419. The Kier molecular flexibility index (Phi) is 3.37. The first-order chi connectivity index (χ1) is 8.16. The first kappa shape index (κ1) is 11.6. The molecule has 0 saturated carbocycles. The number of nitrogens with zero attached hydrogens (tertiary/aromatic N) is 2. The van der Waals surface area contributed by atoms with Crippen molar-refractivity contribution in [2.24, 2.45) is 0 Å². The van der Waals surface area contributed by atoms with Crippen LogP contribution in [0.2, 0.25) is 0 Å². The zero-order chi connectivity index (χ0) is 12.3. The van der Waals surface area contributed by atoms with Crippen LogP contribution in [0.4, 0.5) is 0 Å². The second-order valence-electron chi connectivity index (χ2n) is 4.15. The monoisotopic (exact) mass is 233 g/mol. The molecule has 90 valence electrons. The highest BCUT2D eigenvalue weighted by Gasteiger charge is 2.28. The van der Waals surface area contributed by atoms with Crippen LogP contribution in [0.3, 0.4) is 0 Å². The van der Waals surface area contributed by atoms with E-state index in [0.717, 1.165) is 12.0 Å². The number of pyridine rings is 1. The van der Waals surface area contributed by atoms with Gasteiger partial charge in [0.2, 0.25) is 11.8 Å². The fourth-order valence-corrected chi connectivity index (χ4v) is 1.88. The fourth-order valence-electron chi connectivity index (χ4n) is 1.88. The summed E-state index contributed by atoms with van der Waals surface area (Å²) in [5.74, 6) is -0.106. The van der Waals surface area contributed by atoms with Crippen molar-refractivity contribution in [3.05, 3.63) is 30.1 Å². The van der Waals surface area contributed by atoms with Gasteiger partial charge in [-0.1, -0.05) is 0 Å². The Labute approximate surface area is 99.8 Å². The van der Waals surface area contributed by atoms with E-state index >= 15 is 0 Å². The van der Waals surface area contributed by atoms with Crippen molar-refractivity contribution in [2.75, 3.05) is 13.1 Å². The van der Waals surface area contributed by atoms with E-state index in [9.17, 15) is 9.59 Å². The average molecular weight is 233 g/mol. The van der Waals surface area contributed by atoms with Crippen LogP contribution in [-0.2, 0) is 16.0 Å². The summed E-state index contributed by atoms with van der Waals surface area (Å²) in [7, 11) is 0. The summed E-state index contributed by atoms with van der Waals surface area (Å²) in [6.45, 7) is 2.44. The van der Waals surface area contributed by atoms with E-state index in [1.807, 2.05) is 12.1 Å². The second-order valence-corrected chi connectivity index (χ2v) is 4.15. The van der Waals surface area contributed by atoms with Gasteiger partial charge in [0.1, 0.15) is 6.04 Å². The lowest BCUT2D eigenvalue weighted by molar-refractivity contribution is -0.143. The van der Waals surface area contributed by atoms with E-state index in [2.05, 4.69) is 10.3 Å². The SMILES string of the molecule is CC1NC(=O)CN(CCc2ccncc2)C1=O. The lowest BCUT2D eigenvalue weighted by Gasteiger charge is -2.30. The minimum Gasteiger partial charge on any atom is -0.343 e. The molecule has 1 N–H and O–H groups in total. The van der Waals surface area contributed by atoms with Crippen molar-refractivity contribution in [3.63, 3.8) is 0 Å². The lowest BCUT2D eigenvalue weighted by atomic mass is 10.1. The van der Waals surface area contributed by atoms with Gasteiger partial charge in [-0.15, -0.1) is 0 Å². The Morgan fingerprint density at radius 1 is 1.41 bits per heavy atom. The van der Waals surface area contributed by atoms with E-state index in [4.69, 9.17) is 0 Å². The molecule has 1 aromatic rings. The Balaban J connectivity index is 1.94. The smallest absolute Gasteiger partial charge is 0.245 e. The Hall–Kier alpha value is -1.91. The Morgan fingerprint density at radius 2 is 2.12 bits per heavy atom. The maximum Gasteiger partial charge on any atom is 0.245 e. The number of hydrogen-bond donors (Lipinski definition) is 1. The molecule has 0 aliphatic carbocycles. The van der Waals surface area contributed by atoms with Gasteiger partial charge in [0.05, 0.1) is 6.54 Å². The van der Waals surface area contributed by atoms with Crippen LogP contribution >= 0.6 is 0 Å². The number of hydrogen-bond acceptors (Lipinski definition) is 3. The molecule has 1 fully saturated rings. The number of piperazine rings is 1. The van der Waals surface area contributed by atoms with Crippen LogP contribution in [0.5, 0.6) is 0 Å². The minimum absolute atomic E-state index is 0.0151. The summed E-state index contributed by atoms with van der Waals surface area (Å²) < 4.78 is 0. The lowest BCUT2D eigenvalue weighted by Crippen LogP contribution is -2.57. The molecule has 5 heteroatoms. The molecule has 1 unspecified atom stereocenters. The minimum atomic E-state index is -0.409. The van der Waals surface area contributed by atoms with Crippen molar-refractivity contribution in [1.82, 2.24) is 15.2 Å². The predicted molar refractivity (Wildman–Crippen MR) is 62.1 cm³/mol. The Morgan fingerprint density at radius 3 is 2.82 bits per heavy atom. The highest BCUT2D eigenvalue weighted by Crippen LogP contribution is 2.05. The normalized spacial score (nSPS) is 20.3. The van der Waals surface area contributed by atoms with E-state index in [1.165, 1.54) is 0 Å². The first-order valence-electron chi connectivity index (χ1n) is 5.64. The van der Waals surface area contributed by atoms with Crippen molar-refractivity contribution in [2.45, 2.75) is 19.4 Å². The van der Waals surface area contributed by atoms with Crippen LogP contribution < -0.4 is 5.32 Å². The quantitative estimate of drug-likeness (QED) is 0.797. The van der Waals surface area contributed by atoms with Crippen LogP contribution in [-0.4, -0.2) is 40.8 Å². The van der Waals surface area contributed by atoms with Crippen molar-refractivity contribution in [1.29, 1.82) is 0 Å². The van der Waals surface area contributed by atoms with Crippen molar-refractivity contribution in [3.8, 4) is 0 Å². The molecular formula is C12H15N3O2. The van der Waals surface area contributed by atoms with Gasteiger partial charge in [0.25, 0.3) is 0 Å². The molecule has 1 atom stereocenters. The number of nitrogens with one attached hydrogen (secondary N) is 1. The molecule has 1 aliphatic heterocycles. The zero-order valence-corrected chi connectivity index (χ0v) is 9.72. The maximum absolute atomic E-state index is 11.8. The van der Waals surface area contributed by atoms with Crippen LogP contribution in [0, 0.1) is 0 Å². The van der Waals surface area contributed by atoms with Crippen LogP contribution in [0.25, 0.3) is 0 Å². The number of carbonyl (C=O) groups excluding carboxylic acids is 2. The number of aromatic nitrogens is 1. The predicted octanol–water partition coefficient (Wildman–Crippen LogP) is -0.0290. The molecule has 5 nitrogen and oxygen atoms in total. The highest BCUT2D eigenvalue weighted by atomic mass is 16.2. The van der Waals surface area contributed by atoms with Gasteiger partial charge in [0, 0.05) is 18.9 Å². The molecule has 1 saturated heterocycles. The van der Waals surface area contributed by atoms with E-state index < -0.39 is 6.04 Å². The summed E-state index contributed by atoms with van der Waals surface area (Å²) in [6.07, 6.45) is 4.19. The third-order valence-corrected chi connectivity index (χ3v) is 2.81. The molecular weight excluding hydrogens is 218 g/mol. The molecule has 0 spiro atoms. The summed E-state index contributed by atoms with van der Waals surface area (Å²) >= 11 is 0. The molecule has 1 aliphatic rings. The standard InChI is InChI=1S/C12H15N3O2/c1-9-12(17)15(8-11(16)14-9)7-4-10-2-5-13-6-3-10/h2-3,5-6,9H,4,7-8H2,1H3,(H,14,16). The van der Waals surface area contributed by atoms with Gasteiger partial charge in [-0.25, -0.2) is 0 Å². The van der Waals surface area contributed by atoms with Gasteiger partial charge in [-0.2, -0.15) is 0 Å². The topological polar surface area (TPSA) is 62.3 Å². The zero-order valence-electron chi connectivity index (χ0n) is 9.72. The molecule has 0 bridgehead atoms. The van der Waals surface area contributed by atoms with Crippen LogP contribution in [0.1, 0.15) is 12.5 Å². The number of carbonyl (C=O) groups is 2. The van der Waals surface area contributed by atoms with Gasteiger partial charge < -0.3 is 10.2 Å². The average Bonchev–Trinajstić information content (AvgIpc) is 2.33. The highest BCUT2D eigenvalue weighted by molar-refractivity contribution is 5.94. The molecule has 0 aromatic carbocycles. The molecule has 1 aromatic heterocycles. The molecule has 2 heterocycles. The molecule has 17 heavy (non-hydrogen) atoms.